The van der Waals surface area contributed by atoms with E-state index >= 15 is 0 Å². The van der Waals surface area contributed by atoms with Gasteiger partial charge in [0.1, 0.15) is 5.75 Å². The Hall–Kier alpha value is -2.67. The van der Waals surface area contributed by atoms with Crippen LogP contribution in [0.3, 0.4) is 0 Å². The lowest BCUT2D eigenvalue weighted by molar-refractivity contribution is -0.128. The van der Waals surface area contributed by atoms with Gasteiger partial charge in [-0.15, -0.1) is 11.8 Å². The molecule has 0 saturated carbocycles. The van der Waals surface area contributed by atoms with E-state index in [9.17, 15) is 9.59 Å². The molecule has 158 valence electrons. The smallest absolute Gasteiger partial charge is 0.237 e. The van der Waals surface area contributed by atoms with Crippen LogP contribution in [0.1, 0.15) is 12.0 Å². The van der Waals surface area contributed by atoms with Gasteiger partial charge in [-0.05, 0) is 36.6 Å². The highest BCUT2D eigenvalue weighted by Crippen LogP contribution is 2.27. The standard InChI is InChI=1S/C23H27N3O3S/c1-29-19-7-4-6-18(15-19)25-11-13-26(14-12-25)22(27)16-30-21-10-9-17-5-2-3-8-20(17)24-23(21)28/h2-8,15,21H,9-14,16H2,1H3,(H,24,28)/t21-/m1/s1. The van der Waals surface area contributed by atoms with Crippen molar-refractivity contribution in [3.05, 3.63) is 54.1 Å². The molecule has 0 radical (unpaired) electrons. The topological polar surface area (TPSA) is 61.9 Å². The Morgan fingerprint density at radius 2 is 1.93 bits per heavy atom. The molecule has 1 fully saturated rings. The Balaban J connectivity index is 1.27. The molecular weight excluding hydrogens is 398 g/mol. The first kappa shape index (κ1) is 20.6. The predicted octanol–water partition coefficient (Wildman–Crippen LogP) is 3.03. The number of anilines is 2. The molecule has 2 aromatic rings. The van der Waals surface area contributed by atoms with Crippen molar-refractivity contribution in [2.75, 3.05) is 49.3 Å². The number of thioether (sulfide) groups is 1. The normalized spacial score (nSPS) is 19.0. The average Bonchev–Trinajstić information content (AvgIpc) is 2.95. The maximum absolute atomic E-state index is 12.7. The highest BCUT2D eigenvalue weighted by molar-refractivity contribution is 8.01. The van der Waals surface area contributed by atoms with Gasteiger partial charge in [0.15, 0.2) is 0 Å². The largest absolute Gasteiger partial charge is 0.497 e. The van der Waals surface area contributed by atoms with Crippen LogP contribution < -0.4 is 15.0 Å². The van der Waals surface area contributed by atoms with E-state index in [1.165, 1.54) is 11.8 Å². The van der Waals surface area contributed by atoms with Crippen molar-refractivity contribution >= 4 is 35.0 Å². The number of nitrogens with one attached hydrogen (secondary N) is 1. The number of amides is 2. The number of fused-ring (bicyclic) bond motifs is 1. The second kappa shape index (κ2) is 9.43. The van der Waals surface area contributed by atoms with E-state index in [-0.39, 0.29) is 17.1 Å². The van der Waals surface area contributed by atoms with Crippen LogP contribution in [0.15, 0.2) is 48.5 Å². The summed E-state index contributed by atoms with van der Waals surface area (Å²) in [6.45, 7) is 2.98. The summed E-state index contributed by atoms with van der Waals surface area (Å²) in [6.07, 6.45) is 1.60. The van der Waals surface area contributed by atoms with Crippen molar-refractivity contribution < 1.29 is 14.3 Å². The first-order valence-electron chi connectivity index (χ1n) is 10.3. The number of hydrogen-bond acceptors (Lipinski definition) is 5. The Kier molecular flexibility index (Phi) is 6.47. The van der Waals surface area contributed by atoms with Gasteiger partial charge in [0.25, 0.3) is 0 Å². The molecule has 2 aliphatic rings. The van der Waals surface area contributed by atoms with Gasteiger partial charge in [-0.2, -0.15) is 0 Å². The molecule has 7 heteroatoms. The number of para-hydroxylation sites is 1. The lowest BCUT2D eigenvalue weighted by atomic mass is 10.1. The monoisotopic (exact) mass is 425 g/mol. The number of aryl methyl sites for hydroxylation is 1. The molecule has 1 N–H and O–H groups in total. The van der Waals surface area contributed by atoms with Gasteiger partial charge in [-0.3, -0.25) is 9.59 Å². The molecule has 0 spiro atoms. The van der Waals surface area contributed by atoms with Crippen molar-refractivity contribution in [1.82, 2.24) is 4.90 Å². The zero-order valence-corrected chi connectivity index (χ0v) is 18.0. The zero-order chi connectivity index (χ0) is 20.9. The fourth-order valence-corrected chi connectivity index (χ4v) is 4.96. The molecule has 1 saturated heterocycles. The minimum Gasteiger partial charge on any atom is -0.497 e. The summed E-state index contributed by atoms with van der Waals surface area (Å²) in [5.41, 5.74) is 3.17. The minimum atomic E-state index is -0.195. The molecular formula is C23H27N3O3S. The number of rotatable bonds is 5. The van der Waals surface area contributed by atoms with Crippen LogP contribution in [0.25, 0.3) is 0 Å². The van der Waals surface area contributed by atoms with Crippen LogP contribution in [0.5, 0.6) is 5.75 Å². The third kappa shape index (κ3) is 4.73. The molecule has 2 heterocycles. The number of benzene rings is 2. The van der Waals surface area contributed by atoms with Gasteiger partial charge in [0.2, 0.25) is 11.8 Å². The predicted molar refractivity (Wildman–Crippen MR) is 121 cm³/mol. The van der Waals surface area contributed by atoms with Gasteiger partial charge in [-0.1, -0.05) is 24.3 Å². The summed E-state index contributed by atoms with van der Waals surface area (Å²) in [6, 6.07) is 15.9. The van der Waals surface area contributed by atoms with Crippen LogP contribution >= 0.6 is 11.8 Å². The SMILES string of the molecule is COc1cccc(N2CCN(C(=O)CS[C@@H]3CCc4ccccc4NC3=O)CC2)c1. The van der Waals surface area contributed by atoms with Crippen LogP contribution in [-0.4, -0.2) is 61.0 Å². The number of methoxy groups -OCH3 is 1. The highest BCUT2D eigenvalue weighted by Gasteiger charge is 2.27. The molecule has 6 nitrogen and oxygen atoms in total. The van der Waals surface area contributed by atoms with E-state index in [4.69, 9.17) is 4.74 Å². The summed E-state index contributed by atoms with van der Waals surface area (Å²) in [4.78, 5) is 29.5. The third-order valence-electron chi connectivity index (χ3n) is 5.70. The van der Waals surface area contributed by atoms with E-state index in [2.05, 4.69) is 22.3 Å². The maximum atomic E-state index is 12.7. The van der Waals surface area contributed by atoms with Crippen molar-refractivity contribution in [1.29, 1.82) is 0 Å². The van der Waals surface area contributed by atoms with Crippen molar-refractivity contribution in [3.63, 3.8) is 0 Å². The Bertz CT molecular complexity index is 912. The summed E-state index contributed by atoms with van der Waals surface area (Å²) >= 11 is 1.46. The van der Waals surface area contributed by atoms with E-state index in [1.54, 1.807) is 7.11 Å². The van der Waals surface area contributed by atoms with Crippen LogP contribution in [0.4, 0.5) is 11.4 Å². The van der Waals surface area contributed by atoms with Crippen LogP contribution in [0.2, 0.25) is 0 Å². The molecule has 30 heavy (non-hydrogen) atoms. The molecule has 0 aromatic heterocycles. The second-order valence-corrected chi connectivity index (χ2v) is 8.75. The number of nitrogens with zero attached hydrogens (tertiary/aromatic N) is 2. The maximum Gasteiger partial charge on any atom is 0.237 e. The number of carbonyl (C=O) groups is 2. The first-order chi connectivity index (χ1) is 14.6. The molecule has 1 atom stereocenters. The Morgan fingerprint density at radius 1 is 1.13 bits per heavy atom. The van der Waals surface area contributed by atoms with Crippen LogP contribution in [0, 0.1) is 0 Å². The Morgan fingerprint density at radius 3 is 2.73 bits per heavy atom. The fraction of sp³-hybridized carbons (Fsp3) is 0.391. The molecule has 4 rings (SSSR count). The summed E-state index contributed by atoms with van der Waals surface area (Å²) < 4.78 is 5.31. The van der Waals surface area contributed by atoms with E-state index < -0.39 is 0 Å². The quantitative estimate of drug-likeness (QED) is 0.798. The van der Waals surface area contributed by atoms with Gasteiger partial charge in [-0.25, -0.2) is 0 Å². The zero-order valence-electron chi connectivity index (χ0n) is 17.2. The number of carbonyl (C=O) groups excluding carboxylic acids is 2. The van der Waals surface area contributed by atoms with Crippen molar-refractivity contribution in [2.45, 2.75) is 18.1 Å². The minimum absolute atomic E-state index is 0.000550. The third-order valence-corrected chi connectivity index (χ3v) is 6.97. The Labute approximate surface area is 181 Å². The number of ether oxygens (including phenoxy) is 1. The second-order valence-electron chi connectivity index (χ2n) is 7.55. The highest BCUT2D eigenvalue weighted by atomic mass is 32.2. The van der Waals surface area contributed by atoms with Crippen LogP contribution in [-0.2, 0) is 16.0 Å². The van der Waals surface area contributed by atoms with Gasteiger partial charge in [0.05, 0.1) is 18.1 Å². The lowest BCUT2D eigenvalue weighted by Crippen LogP contribution is -2.49. The molecule has 0 aliphatic carbocycles. The van der Waals surface area contributed by atoms with Gasteiger partial charge in [0, 0.05) is 43.6 Å². The summed E-state index contributed by atoms with van der Waals surface area (Å²) in [5.74, 6) is 1.29. The summed E-state index contributed by atoms with van der Waals surface area (Å²) in [7, 11) is 1.67. The number of piperazine rings is 1. The van der Waals surface area contributed by atoms with Crippen molar-refractivity contribution in [2.24, 2.45) is 0 Å². The molecule has 2 aromatic carbocycles. The molecule has 0 bridgehead atoms. The molecule has 2 amide bonds. The fourth-order valence-electron chi connectivity index (χ4n) is 3.93. The van der Waals surface area contributed by atoms with E-state index in [1.807, 2.05) is 41.3 Å². The first-order valence-corrected chi connectivity index (χ1v) is 11.4. The number of hydrogen-bond donors (Lipinski definition) is 1. The summed E-state index contributed by atoms with van der Waals surface area (Å²) in [5, 5.41) is 2.81. The van der Waals surface area contributed by atoms with Gasteiger partial charge >= 0.3 is 0 Å². The lowest BCUT2D eigenvalue weighted by Gasteiger charge is -2.36. The van der Waals surface area contributed by atoms with E-state index in [0.29, 0.717) is 18.8 Å². The molecule has 0 unspecified atom stereocenters. The van der Waals surface area contributed by atoms with Gasteiger partial charge < -0.3 is 19.9 Å². The van der Waals surface area contributed by atoms with Crippen molar-refractivity contribution in [3.8, 4) is 5.75 Å². The van der Waals surface area contributed by atoms with E-state index in [0.717, 1.165) is 48.6 Å². The average molecular weight is 426 g/mol. The molecule has 2 aliphatic heterocycles.